The van der Waals surface area contributed by atoms with Crippen LogP contribution in [0.2, 0.25) is 5.02 Å². The van der Waals surface area contributed by atoms with Crippen molar-refractivity contribution in [3.63, 3.8) is 0 Å². The van der Waals surface area contributed by atoms with E-state index < -0.39 is 205 Å². The van der Waals surface area contributed by atoms with Crippen molar-refractivity contribution in [2.75, 3.05) is 20.3 Å². The highest BCUT2D eigenvalue weighted by atomic mass is 35.5. The predicted octanol–water partition coefficient (Wildman–Crippen LogP) is 4.36. The van der Waals surface area contributed by atoms with Crippen molar-refractivity contribution in [1.82, 2.24) is 47.3 Å². The Morgan fingerprint density at radius 1 is 0.641 bits per heavy atom. The van der Waals surface area contributed by atoms with E-state index in [1.807, 2.05) is 25.5 Å². The Morgan fingerprint density at radius 3 is 1.93 bits per heavy atom. The molecule has 10 aliphatic rings. The van der Waals surface area contributed by atoms with Gasteiger partial charge in [-0.15, -0.1) is 0 Å². The Bertz CT molecular complexity index is 4890. The first-order chi connectivity index (χ1) is 55.8. The van der Waals surface area contributed by atoms with E-state index >= 15 is 28.8 Å². The maximum atomic E-state index is 16.4. The molecule has 33 nitrogen and oxygen atoms in total. The summed E-state index contributed by atoms with van der Waals surface area (Å²) in [4.78, 5) is 123. The number of aliphatic hydroxyl groups excluding tert-OH is 6. The van der Waals surface area contributed by atoms with Crippen LogP contribution >= 0.6 is 11.6 Å². The van der Waals surface area contributed by atoms with Crippen molar-refractivity contribution in [3.8, 4) is 62.9 Å². The normalized spacial score (nSPS) is 27.8. The maximum absolute atomic E-state index is 16.4. The lowest BCUT2D eigenvalue weighted by Gasteiger charge is -2.54. The number of unbranched alkanes of at least 4 members (excludes halogenated alkanes) is 3. The minimum absolute atomic E-state index is 0.0625. The van der Waals surface area contributed by atoms with Crippen LogP contribution in [0.3, 0.4) is 0 Å². The quantitative estimate of drug-likeness (QED) is 0.0472. The van der Waals surface area contributed by atoms with Crippen molar-refractivity contribution in [1.29, 1.82) is 0 Å². The Balaban J connectivity index is 0.989. The summed E-state index contributed by atoms with van der Waals surface area (Å²) in [6.07, 6.45) is -7.34. The fourth-order valence-electron chi connectivity index (χ4n) is 17.0. The lowest BCUT2D eigenvalue weighted by molar-refractivity contribution is -0.277. The minimum Gasteiger partial charge on any atom is -0.508 e. The van der Waals surface area contributed by atoms with E-state index in [0.29, 0.717) is 30.6 Å². The third-order valence-electron chi connectivity index (χ3n) is 22.8. The van der Waals surface area contributed by atoms with Gasteiger partial charge in [0, 0.05) is 23.2 Å². The molecule has 0 spiro atoms. The average Bonchev–Trinajstić information content (AvgIpc) is 0.762. The van der Waals surface area contributed by atoms with Gasteiger partial charge in [0.1, 0.15) is 107 Å². The second-order valence-electron chi connectivity index (χ2n) is 31.6. The second kappa shape index (κ2) is 35.4. The molecular formula is C82H96ClN9O24S. The molecule has 0 aromatic heterocycles. The highest BCUT2D eigenvalue weighted by Gasteiger charge is 2.51. The zero-order valence-electron chi connectivity index (χ0n) is 64.5. The van der Waals surface area contributed by atoms with Gasteiger partial charge in [0.05, 0.1) is 35.6 Å². The number of amides is 8. The molecule has 1 saturated heterocycles. The highest BCUT2D eigenvalue weighted by Crippen LogP contribution is 2.55. The van der Waals surface area contributed by atoms with Gasteiger partial charge in [0.2, 0.25) is 59.3 Å². The van der Waals surface area contributed by atoms with E-state index in [-0.39, 0.29) is 80.7 Å². The number of benzene rings is 6. The lowest BCUT2D eigenvalue weighted by atomic mass is 9.54. The number of carbonyl (C=O) groups is 8. The Labute approximate surface area is 677 Å². The van der Waals surface area contributed by atoms with Crippen LogP contribution in [0.25, 0.3) is 11.1 Å². The molecule has 15 bridgehead atoms. The second-order valence-corrected chi connectivity index (χ2v) is 33.7. The first-order valence-corrected chi connectivity index (χ1v) is 40.9. The van der Waals surface area contributed by atoms with Gasteiger partial charge in [-0.3, -0.25) is 38.4 Å². The van der Waals surface area contributed by atoms with Crippen LogP contribution in [0.1, 0.15) is 155 Å². The van der Waals surface area contributed by atoms with Crippen LogP contribution < -0.4 is 66.2 Å². The topological polar surface area (TPSA) is 507 Å². The molecule has 6 aliphatic heterocycles. The standard InChI is InChI=1S/C82H96ClN9O24S/c1-6-7-8-9-20-112-47-13-15-48(16-14-47)117(110,111)92-61(97)34-53-76(104)87-65-45-30-58(113-56-18-11-41(22-37(56)4)69(98)67(80(108)85-53)90-75(103)52(84-5)21-36(2)3)74(116-82-73(102)72(101)71(100)60(35-93)115-82)59(31-45)114-57-19-12-42(29-51(57)83)70(99)68-81(109)89-66(79(107)86-63-43-24-38-23-39(26-43)27-44(63)25-38)50-32-46(94)33-55(96)62(50)49-28-40(10-17-54(49)95)64(77(105)91-68)88-78(65)106/h10-19,22,28-33,36,38-39,43-44,52-53,60,63-73,82,84,93-96,98-102H,6-9,20-21,23-27,34-35H2,1-5H3,(H,85,108)(H,86,107)(H,87,104)(H,88,106)(H,89,109)(H,90,103)(H,91,105)(H,92,97)/t38?,39?,43?,44?,52-,53+,60-,63?,64-,65-,66+,67-,68+,69-,70-,71-,72+,73-,82+/m1/s1. The van der Waals surface area contributed by atoms with Crippen molar-refractivity contribution in [2.45, 2.75) is 194 Å². The number of aromatic hydroxyl groups is 3. The number of aliphatic hydroxyl groups is 6. The van der Waals surface area contributed by atoms with E-state index in [1.54, 1.807) is 0 Å². The monoisotopic (exact) mass is 1660 g/mol. The summed E-state index contributed by atoms with van der Waals surface area (Å²) in [5.74, 6) is -13.3. The summed E-state index contributed by atoms with van der Waals surface area (Å²) in [5.41, 5.74) is -1.99. The first kappa shape index (κ1) is 84.5. The minimum atomic E-state index is -4.88. The van der Waals surface area contributed by atoms with Crippen molar-refractivity contribution in [2.24, 2.45) is 29.6 Å². The van der Waals surface area contributed by atoms with Gasteiger partial charge in [0.15, 0.2) is 11.5 Å². The molecule has 4 aliphatic carbocycles. The molecule has 35 heteroatoms. The molecule has 6 heterocycles. The summed E-state index contributed by atoms with van der Waals surface area (Å²) in [6, 6.07) is 5.18. The molecule has 626 valence electrons. The van der Waals surface area contributed by atoms with Gasteiger partial charge in [-0.2, -0.15) is 0 Å². The summed E-state index contributed by atoms with van der Waals surface area (Å²) in [5, 5.41) is 126. The summed E-state index contributed by atoms with van der Waals surface area (Å²) < 4.78 is 61.8. The van der Waals surface area contributed by atoms with E-state index in [0.717, 1.165) is 112 Å². The third kappa shape index (κ3) is 18.3. The molecule has 16 rings (SSSR count). The number of hydrogen-bond donors (Lipinski definition) is 18. The number of ether oxygens (including phenoxy) is 5. The maximum Gasteiger partial charge on any atom is 0.264 e. The number of hydrogen-bond acceptors (Lipinski definition) is 25. The number of carbonyl (C=O) groups excluding carboxylic acids is 8. The molecule has 0 unspecified atom stereocenters. The number of phenols is 3. The summed E-state index contributed by atoms with van der Waals surface area (Å²) >= 11 is 7.17. The van der Waals surface area contributed by atoms with Crippen LogP contribution in [0, 0.1) is 36.5 Å². The van der Waals surface area contributed by atoms with Gasteiger partial charge in [-0.25, -0.2) is 13.1 Å². The Hall–Kier alpha value is -10.4. The molecule has 4 saturated carbocycles. The summed E-state index contributed by atoms with van der Waals surface area (Å²) in [6.45, 7) is 6.53. The highest BCUT2D eigenvalue weighted by molar-refractivity contribution is 7.90. The number of halogens is 1. The molecule has 6 aromatic rings. The number of phenolic OH excluding ortho intramolecular Hbond substituents is 3. The number of likely N-dealkylation sites (N-methyl/N-ethyl adjacent to an activating group) is 1. The third-order valence-corrected chi connectivity index (χ3v) is 24.5. The van der Waals surface area contributed by atoms with E-state index in [2.05, 4.69) is 42.5 Å². The molecular weight excluding hydrogens is 1560 g/mol. The largest absolute Gasteiger partial charge is 0.508 e. The Morgan fingerprint density at radius 2 is 1.28 bits per heavy atom. The molecule has 5 fully saturated rings. The van der Waals surface area contributed by atoms with Crippen molar-refractivity contribution in [3.05, 3.63) is 142 Å². The zero-order valence-corrected chi connectivity index (χ0v) is 66.1. The number of fused-ring (bicyclic) bond motifs is 15. The Kier molecular flexibility index (Phi) is 25.6. The number of nitrogens with one attached hydrogen (secondary N) is 9. The van der Waals surface area contributed by atoms with Crippen molar-refractivity contribution < 1.29 is 116 Å². The van der Waals surface area contributed by atoms with Crippen LogP contribution in [0.4, 0.5) is 0 Å². The first-order valence-electron chi connectivity index (χ1n) is 39.0. The lowest BCUT2D eigenvalue weighted by Crippen LogP contribution is -2.60. The number of rotatable bonds is 20. The fraction of sp³-hybridized carbons (Fsp3) is 0.463. The fourth-order valence-corrected chi connectivity index (χ4v) is 18.2. The predicted molar refractivity (Wildman–Crippen MR) is 416 cm³/mol. The van der Waals surface area contributed by atoms with Gasteiger partial charge in [-0.1, -0.05) is 69.8 Å². The molecule has 18 N–H and O–H groups in total. The van der Waals surface area contributed by atoms with Crippen LogP contribution in [0.5, 0.6) is 51.7 Å². The van der Waals surface area contributed by atoms with E-state index in [9.17, 15) is 64.0 Å². The van der Waals surface area contributed by atoms with Gasteiger partial charge < -0.3 is 112 Å². The molecule has 0 radical (unpaired) electrons. The van der Waals surface area contributed by atoms with Crippen LogP contribution in [0.15, 0.2) is 108 Å². The average molecular weight is 1660 g/mol. The number of sulfonamides is 1. The van der Waals surface area contributed by atoms with Gasteiger partial charge in [0.25, 0.3) is 10.0 Å². The van der Waals surface area contributed by atoms with E-state index in [4.69, 9.17) is 35.3 Å². The molecule has 117 heavy (non-hydrogen) atoms. The smallest absolute Gasteiger partial charge is 0.264 e. The van der Waals surface area contributed by atoms with Crippen LogP contribution in [-0.2, 0) is 53.1 Å². The SMILES string of the molecule is CCCCCCOc1ccc(S(=O)(=O)NC(=O)C[C@@H]2NC(=O)[C@H](NC(=O)[C@@H](CC(C)C)NC)[C@H](O)c3ccc(c(C)c3)Oc3cc4cc(c3O[C@@H]3O[C@H](CO)[C@@H](O)[C@H](O)[C@H]3O)Oc3ccc(cc3Cl)[C@@H](O)[C@@H]3NC(=O)[C@H](NC(=O)[C@@H]4NC2=O)c2ccc(O)c(c2)-c2c(O)cc(O)cc2[C@@H](C(=O)NC2C4CC5CC(C4)CC2C5)NC3=O)cc1. The molecule has 6 aromatic carbocycles. The van der Waals surface area contributed by atoms with Gasteiger partial charge in [-0.05, 0) is 201 Å². The van der Waals surface area contributed by atoms with Crippen LogP contribution in [-0.4, -0.2) is 183 Å². The van der Waals surface area contributed by atoms with Gasteiger partial charge >= 0.3 is 0 Å². The zero-order chi connectivity index (χ0) is 83.7. The van der Waals surface area contributed by atoms with Crippen molar-refractivity contribution >= 4 is 68.9 Å². The molecule has 8 amide bonds. The summed E-state index contributed by atoms with van der Waals surface area (Å²) in [7, 11) is -3.40. The van der Waals surface area contributed by atoms with E-state index in [1.165, 1.54) is 56.4 Å². The number of aryl methyl sites for hydroxylation is 1. The molecule has 14 atom stereocenters.